The van der Waals surface area contributed by atoms with Gasteiger partial charge in [-0.2, -0.15) is 0 Å². The van der Waals surface area contributed by atoms with Crippen molar-refractivity contribution in [3.63, 3.8) is 0 Å². The van der Waals surface area contributed by atoms with Crippen molar-refractivity contribution in [1.82, 2.24) is 9.80 Å². The first-order chi connectivity index (χ1) is 12.4. The third kappa shape index (κ3) is 5.38. The van der Waals surface area contributed by atoms with E-state index in [0.717, 1.165) is 6.54 Å². The van der Waals surface area contributed by atoms with E-state index in [2.05, 4.69) is 90.0 Å². The van der Waals surface area contributed by atoms with Gasteiger partial charge in [-0.25, -0.2) is 0 Å². The molecular weight excluding hydrogens is 364 g/mol. The van der Waals surface area contributed by atoms with Crippen molar-refractivity contribution < 1.29 is 17.9 Å². The van der Waals surface area contributed by atoms with Crippen molar-refractivity contribution >= 4 is 0 Å². The van der Waals surface area contributed by atoms with Crippen molar-refractivity contribution in [2.75, 3.05) is 41.3 Å². The van der Waals surface area contributed by atoms with Gasteiger partial charge in [0.2, 0.25) is 0 Å². The van der Waals surface area contributed by atoms with E-state index in [1.165, 1.54) is 19.4 Å². The summed E-state index contributed by atoms with van der Waals surface area (Å²) in [6.07, 6.45) is 2.52. The Morgan fingerprint density at radius 2 is 1.22 bits per heavy atom. The van der Waals surface area contributed by atoms with Crippen LogP contribution in [0.25, 0.3) is 0 Å². The fourth-order valence-corrected chi connectivity index (χ4v) is 9.28. The molecule has 0 heterocycles. The Balaban J connectivity index is 3.79. The molecule has 2 nitrogen and oxygen atoms in total. The summed E-state index contributed by atoms with van der Waals surface area (Å²) < 4.78 is 0.383. The van der Waals surface area contributed by atoms with Gasteiger partial charge in [-0.05, 0) is 0 Å². The van der Waals surface area contributed by atoms with Gasteiger partial charge in [0, 0.05) is 0 Å². The molecule has 1 atom stereocenters. The second-order valence-corrected chi connectivity index (χ2v) is 14.7. The van der Waals surface area contributed by atoms with Gasteiger partial charge in [-0.1, -0.05) is 0 Å². The van der Waals surface area contributed by atoms with Crippen molar-refractivity contribution in [2.24, 2.45) is 17.8 Å². The molecule has 0 saturated heterocycles. The summed E-state index contributed by atoms with van der Waals surface area (Å²) in [5.74, 6) is 1.89. The maximum absolute atomic E-state index is 2.63. The molecule has 0 aromatic rings. The van der Waals surface area contributed by atoms with Crippen LogP contribution in [0.1, 0.15) is 54.4 Å². The second kappa shape index (κ2) is 10.2. The molecule has 0 saturated carbocycles. The van der Waals surface area contributed by atoms with Crippen LogP contribution < -0.4 is 0 Å². The van der Waals surface area contributed by atoms with Gasteiger partial charge in [0.15, 0.2) is 0 Å². The predicted octanol–water partition coefficient (Wildman–Crippen LogP) is 6.34. The summed E-state index contributed by atoms with van der Waals surface area (Å²) in [5.41, 5.74) is 7.14. The van der Waals surface area contributed by atoms with Crippen LogP contribution in [0.3, 0.4) is 0 Å². The Hall–Kier alpha value is 0.114. The zero-order chi connectivity index (χ0) is 21.1. The normalized spacial score (nSPS) is 21.2. The Bertz CT molecular complexity index is 553. The summed E-state index contributed by atoms with van der Waals surface area (Å²) >= 11 is -1.29. The molecule has 157 valence electrons. The fraction of sp³-hybridized carbons (Fsp3) is 0.833. The molecule has 27 heavy (non-hydrogen) atoms. The van der Waals surface area contributed by atoms with E-state index in [1.54, 1.807) is 11.1 Å². The van der Waals surface area contributed by atoms with Crippen molar-refractivity contribution in [3.8, 4) is 0 Å². The molecule has 0 aromatic heterocycles. The molecule has 0 N–H and O–H groups in total. The van der Waals surface area contributed by atoms with Crippen molar-refractivity contribution in [2.45, 2.75) is 68.6 Å². The molecule has 0 radical (unpaired) electrons. The summed E-state index contributed by atoms with van der Waals surface area (Å²) in [6, 6.07) is 0. The van der Waals surface area contributed by atoms with Crippen LogP contribution in [0, 0.1) is 17.8 Å². The quantitative estimate of drug-likeness (QED) is 0.387. The van der Waals surface area contributed by atoms with Crippen molar-refractivity contribution in [1.29, 1.82) is 0 Å². The summed E-state index contributed by atoms with van der Waals surface area (Å²) in [6.45, 7) is 17.0. The second-order valence-electron chi connectivity index (χ2n) is 10.2. The molecule has 0 bridgehead atoms. The van der Waals surface area contributed by atoms with Crippen LogP contribution in [0.2, 0.25) is 14.2 Å². The molecular formula is C24H47N2Ti. The molecule has 1 unspecified atom stereocenters. The average Bonchev–Trinajstić information content (AvgIpc) is 2.82. The number of nitrogens with zero attached hydrogens (tertiary/aromatic N) is 2. The molecule has 0 amide bonds. The van der Waals surface area contributed by atoms with E-state index >= 15 is 0 Å². The van der Waals surface area contributed by atoms with Gasteiger partial charge in [-0.3, -0.25) is 0 Å². The minimum absolute atomic E-state index is 0.383. The summed E-state index contributed by atoms with van der Waals surface area (Å²) in [7, 11) is 8.90. The maximum atomic E-state index is 2.63. The van der Waals surface area contributed by atoms with E-state index < -0.39 is 17.9 Å². The average molecular weight is 412 g/mol. The van der Waals surface area contributed by atoms with Crippen LogP contribution in [-0.4, -0.2) is 51.1 Å². The molecule has 1 aliphatic rings. The first-order valence-corrected chi connectivity index (χ1v) is 14.9. The third-order valence-electron chi connectivity index (χ3n) is 6.19. The number of hydrogen-bond donors (Lipinski definition) is 0. The Morgan fingerprint density at radius 1 is 0.741 bits per heavy atom. The first kappa shape index (κ1) is 25.2. The van der Waals surface area contributed by atoms with Crippen LogP contribution in [0.5, 0.6) is 0 Å². The Labute approximate surface area is 177 Å². The van der Waals surface area contributed by atoms with Crippen LogP contribution in [-0.2, 0) is 17.9 Å². The third-order valence-corrected chi connectivity index (χ3v) is 10.1. The monoisotopic (exact) mass is 411 g/mol. The van der Waals surface area contributed by atoms with E-state index in [-0.39, 0.29) is 0 Å². The zero-order valence-corrected chi connectivity index (χ0v) is 22.0. The van der Waals surface area contributed by atoms with Gasteiger partial charge < -0.3 is 0 Å². The van der Waals surface area contributed by atoms with Gasteiger partial charge in [0.05, 0.1) is 0 Å². The molecule has 1 rings (SSSR count). The number of hydrogen-bond acceptors (Lipinski definition) is 2. The van der Waals surface area contributed by atoms with Crippen molar-refractivity contribution in [3.05, 3.63) is 22.3 Å². The van der Waals surface area contributed by atoms with Gasteiger partial charge >= 0.3 is 178 Å². The van der Waals surface area contributed by atoms with Crippen LogP contribution >= 0.6 is 0 Å². The first-order valence-electron chi connectivity index (χ1n) is 11.0. The number of allylic oxidation sites excluding steroid dienone is 3. The predicted molar refractivity (Wildman–Crippen MR) is 119 cm³/mol. The zero-order valence-electron chi connectivity index (χ0n) is 20.5. The molecule has 3 heteroatoms. The standard InChI is InChI=1S/C22H41N2.2CH3.Ti/c1-15(2)20-18(11-13-23(7)8)21(16(3)4)22(17(5)6)19(20)12-14-24(9)10;;;/h15-17H,11-14H2,1-10H3;2*1H3;. The van der Waals surface area contributed by atoms with Crippen LogP contribution in [0.4, 0.5) is 0 Å². The van der Waals surface area contributed by atoms with Gasteiger partial charge in [0.25, 0.3) is 0 Å². The van der Waals surface area contributed by atoms with Crippen LogP contribution in [0.15, 0.2) is 22.3 Å². The SMILES string of the molecule is CC(C)C1=C(C(C)C)[C](CCN(C)C)([Ti]([CH3])[CH3])C(C(C)C)=C1CCN(C)C. The molecule has 0 aliphatic heterocycles. The van der Waals surface area contributed by atoms with E-state index in [0.29, 0.717) is 21.5 Å². The van der Waals surface area contributed by atoms with Gasteiger partial charge in [-0.15, -0.1) is 0 Å². The Kier molecular flexibility index (Phi) is 9.53. The molecule has 0 fully saturated rings. The fourth-order valence-electron chi connectivity index (χ4n) is 5.30. The van der Waals surface area contributed by atoms with E-state index in [9.17, 15) is 0 Å². The summed E-state index contributed by atoms with van der Waals surface area (Å²) in [5, 5.41) is 5.26. The molecule has 0 spiro atoms. The summed E-state index contributed by atoms with van der Waals surface area (Å²) in [4.78, 5) is 4.75. The minimum atomic E-state index is -1.29. The molecule has 1 aliphatic carbocycles. The van der Waals surface area contributed by atoms with E-state index in [1.807, 2.05) is 11.1 Å². The molecule has 0 aromatic carbocycles. The van der Waals surface area contributed by atoms with Gasteiger partial charge in [0.1, 0.15) is 0 Å². The van der Waals surface area contributed by atoms with E-state index in [4.69, 9.17) is 0 Å². The topological polar surface area (TPSA) is 6.48 Å². The Morgan fingerprint density at radius 3 is 1.56 bits per heavy atom. The number of rotatable bonds is 10.